The maximum atomic E-state index is 13.4. The molecule has 270 valence electrons. The third kappa shape index (κ3) is 11.6. The minimum absolute atomic E-state index is 0.0493. The summed E-state index contributed by atoms with van der Waals surface area (Å²) in [4.78, 5) is 87.1. The van der Waals surface area contributed by atoms with Crippen molar-refractivity contribution in [3.05, 3.63) is 77.6 Å². The van der Waals surface area contributed by atoms with Gasteiger partial charge in [-0.3, -0.25) is 23.7 Å². The van der Waals surface area contributed by atoms with Gasteiger partial charge in [-0.05, 0) is 56.2 Å². The van der Waals surface area contributed by atoms with E-state index < -0.39 is 49.5 Å². The molecule has 5 N–H and O–H groups in total. The summed E-state index contributed by atoms with van der Waals surface area (Å²) in [6.45, 7) is 5.44. The predicted octanol–water partition coefficient (Wildman–Crippen LogP) is 4.22. The number of ether oxygens (including phenoxy) is 1. The number of rotatable bonds is 20. The average molecular weight is 715 g/mol. The third-order valence-corrected chi connectivity index (χ3v) is 8.13. The van der Waals surface area contributed by atoms with Crippen molar-refractivity contribution in [3.8, 4) is 17.1 Å². The van der Waals surface area contributed by atoms with Gasteiger partial charge in [0.05, 0.1) is 36.4 Å². The summed E-state index contributed by atoms with van der Waals surface area (Å²) in [5.74, 6) is -2.95. The van der Waals surface area contributed by atoms with Gasteiger partial charge in [0.1, 0.15) is 17.8 Å². The van der Waals surface area contributed by atoms with Gasteiger partial charge in [-0.15, -0.1) is 0 Å². The van der Waals surface area contributed by atoms with Crippen LogP contribution in [0.5, 0.6) is 5.75 Å². The maximum Gasteiger partial charge on any atom is 0.363 e. The highest BCUT2D eigenvalue weighted by molar-refractivity contribution is 7.51. The molecule has 0 bridgehead atoms. The van der Waals surface area contributed by atoms with Gasteiger partial charge in [-0.1, -0.05) is 57.4 Å². The fourth-order valence-corrected chi connectivity index (χ4v) is 5.45. The lowest BCUT2D eigenvalue weighted by molar-refractivity contribution is -0.171. The van der Waals surface area contributed by atoms with Gasteiger partial charge in [0, 0.05) is 5.56 Å². The molecule has 0 saturated carbocycles. The Balaban J connectivity index is 1.67. The van der Waals surface area contributed by atoms with Gasteiger partial charge in [0.15, 0.2) is 5.76 Å². The second-order valence-corrected chi connectivity index (χ2v) is 12.8. The molecule has 2 unspecified atom stereocenters. The van der Waals surface area contributed by atoms with Crippen molar-refractivity contribution < 1.29 is 52.3 Å². The highest BCUT2D eigenvalue weighted by atomic mass is 31.2. The van der Waals surface area contributed by atoms with Crippen LogP contribution in [0.4, 0.5) is 0 Å². The second-order valence-electron chi connectivity index (χ2n) is 11.1. The van der Waals surface area contributed by atoms with Crippen LogP contribution in [0.3, 0.4) is 0 Å². The van der Waals surface area contributed by atoms with Crippen LogP contribution in [-0.4, -0.2) is 70.6 Å². The lowest BCUT2D eigenvalue weighted by atomic mass is 9.90. The molecule has 0 aliphatic carbocycles. The van der Waals surface area contributed by atoms with Crippen LogP contribution in [0.2, 0.25) is 0 Å². The molecular formula is C34H43N4O11P. The molecule has 16 heteroatoms. The van der Waals surface area contributed by atoms with Crippen molar-refractivity contribution in [2.24, 2.45) is 5.92 Å². The maximum absolute atomic E-state index is 13.4. The first kappa shape index (κ1) is 39.5. The van der Waals surface area contributed by atoms with Crippen molar-refractivity contribution in [1.82, 2.24) is 21.0 Å². The number of hydrogen-bond donors (Lipinski definition) is 5. The van der Waals surface area contributed by atoms with Crippen LogP contribution in [0.25, 0.3) is 11.3 Å². The number of furan rings is 1. The van der Waals surface area contributed by atoms with Gasteiger partial charge in [-0.25, -0.2) is 4.79 Å². The summed E-state index contributed by atoms with van der Waals surface area (Å²) in [6, 6.07) is 14.8. The number of nitrogens with zero attached hydrogens (tertiary/aromatic N) is 1. The number of amides is 4. The normalized spacial score (nSPS) is 12.3. The van der Waals surface area contributed by atoms with Crippen molar-refractivity contribution in [3.63, 3.8) is 0 Å². The van der Waals surface area contributed by atoms with Crippen LogP contribution in [0.1, 0.15) is 84.1 Å². The van der Waals surface area contributed by atoms with E-state index in [0.717, 1.165) is 17.9 Å². The lowest BCUT2D eigenvalue weighted by Gasteiger charge is -2.31. The van der Waals surface area contributed by atoms with Crippen LogP contribution >= 0.6 is 7.60 Å². The number of carbonyl (C=O) groups excluding carboxylic acids is 5. The first-order chi connectivity index (χ1) is 23.9. The molecule has 0 spiro atoms. The molecule has 0 aliphatic rings. The first-order valence-corrected chi connectivity index (χ1v) is 18.0. The van der Waals surface area contributed by atoms with E-state index >= 15 is 0 Å². The lowest BCUT2D eigenvalue weighted by Crippen LogP contribution is -2.49. The summed E-state index contributed by atoms with van der Waals surface area (Å²) in [6.07, 6.45) is 2.72. The zero-order chi connectivity index (χ0) is 36.7. The average Bonchev–Trinajstić information content (AvgIpc) is 3.60. The summed E-state index contributed by atoms with van der Waals surface area (Å²) in [7, 11) is -4.47. The molecule has 1 heterocycles. The van der Waals surface area contributed by atoms with Gasteiger partial charge in [0.2, 0.25) is 12.3 Å². The van der Waals surface area contributed by atoms with Crippen molar-refractivity contribution in [2.75, 3.05) is 19.6 Å². The molecule has 3 rings (SSSR count). The molecule has 0 fully saturated rings. The standard InChI is InChI=1S/C34H43N4O11P/c1-4-7-9-14-25(27(5-2)38(22-39)49-34(43)23-12-10-8-11-13-23)31(40)35-20-36-33(42)29-18-17-28(48-29)24-15-16-26(30(19-24)47-6-3)32(41)37-21-50(44,45)46/h8,10-13,15-19,22,25,27H,4-7,9,14,20-21H2,1-3H3,(H,35,40)(H,36,42)(H,37,41)(H2,44,45,46). The zero-order valence-electron chi connectivity index (χ0n) is 28.1. The summed E-state index contributed by atoms with van der Waals surface area (Å²) >= 11 is 0. The topological polar surface area (TPSA) is 214 Å². The third-order valence-electron chi connectivity index (χ3n) is 7.56. The Morgan fingerprint density at radius 3 is 2.32 bits per heavy atom. The molecule has 2 atom stereocenters. The van der Waals surface area contributed by atoms with E-state index in [4.69, 9.17) is 23.8 Å². The molecule has 2 aromatic carbocycles. The molecular weight excluding hydrogens is 671 g/mol. The largest absolute Gasteiger partial charge is 0.493 e. The molecule has 0 aliphatic heterocycles. The van der Waals surface area contributed by atoms with Gasteiger partial charge < -0.3 is 39.7 Å². The smallest absolute Gasteiger partial charge is 0.363 e. The first-order valence-electron chi connectivity index (χ1n) is 16.2. The van der Waals surface area contributed by atoms with Crippen molar-refractivity contribution in [2.45, 2.75) is 58.9 Å². The molecule has 0 radical (unpaired) electrons. The monoisotopic (exact) mass is 714 g/mol. The fourth-order valence-electron chi connectivity index (χ4n) is 5.10. The Morgan fingerprint density at radius 1 is 0.940 bits per heavy atom. The van der Waals surface area contributed by atoms with Gasteiger partial charge in [-0.2, -0.15) is 5.06 Å². The van der Waals surface area contributed by atoms with Crippen molar-refractivity contribution in [1.29, 1.82) is 0 Å². The number of hydrogen-bond acceptors (Lipinski definition) is 9. The zero-order valence-corrected chi connectivity index (χ0v) is 29.0. The Kier molecular flexibility index (Phi) is 15.2. The molecule has 50 heavy (non-hydrogen) atoms. The fraction of sp³-hybridized carbons (Fsp3) is 0.382. The second kappa shape index (κ2) is 19.3. The van der Waals surface area contributed by atoms with Gasteiger partial charge in [0.25, 0.3) is 11.8 Å². The molecule has 0 saturated heterocycles. The van der Waals surface area contributed by atoms with E-state index in [1.807, 2.05) is 6.92 Å². The van der Waals surface area contributed by atoms with E-state index in [1.54, 1.807) is 44.2 Å². The Morgan fingerprint density at radius 2 is 1.68 bits per heavy atom. The van der Waals surface area contributed by atoms with Crippen LogP contribution in [0, 0.1) is 5.92 Å². The highest BCUT2D eigenvalue weighted by Crippen LogP contribution is 2.33. The van der Waals surface area contributed by atoms with E-state index in [9.17, 15) is 28.5 Å². The van der Waals surface area contributed by atoms with E-state index in [-0.39, 0.29) is 41.7 Å². The predicted molar refractivity (Wildman–Crippen MR) is 182 cm³/mol. The number of unbranched alkanes of at least 4 members (excludes halogenated alkanes) is 2. The van der Waals surface area contributed by atoms with E-state index in [2.05, 4.69) is 16.0 Å². The quantitative estimate of drug-likeness (QED) is 0.0367. The Bertz CT molecular complexity index is 1660. The van der Waals surface area contributed by atoms with Crippen LogP contribution < -0.4 is 20.7 Å². The van der Waals surface area contributed by atoms with E-state index in [1.165, 1.54) is 30.3 Å². The number of hydroxylamine groups is 2. The summed E-state index contributed by atoms with van der Waals surface area (Å²) in [5.41, 5.74) is 0.758. The minimum Gasteiger partial charge on any atom is -0.493 e. The van der Waals surface area contributed by atoms with Crippen LogP contribution in [-0.2, 0) is 19.0 Å². The number of benzene rings is 2. The van der Waals surface area contributed by atoms with Crippen molar-refractivity contribution >= 4 is 37.7 Å². The Hall–Kier alpha value is -4.98. The van der Waals surface area contributed by atoms with E-state index in [0.29, 0.717) is 31.2 Å². The molecule has 15 nitrogen and oxygen atoms in total. The van der Waals surface area contributed by atoms with Gasteiger partial charge >= 0.3 is 13.6 Å². The summed E-state index contributed by atoms with van der Waals surface area (Å²) in [5, 5.41) is 8.31. The van der Waals surface area contributed by atoms with Crippen LogP contribution in [0.15, 0.2) is 65.1 Å². The minimum atomic E-state index is -4.47. The highest BCUT2D eigenvalue weighted by Gasteiger charge is 2.33. The Labute approximate surface area is 289 Å². The molecule has 1 aromatic heterocycles. The SMILES string of the molecule is CCCCCC(C(=O)NCNC(=O)c1ccc(-c2ccc(C(=O)NCP(=O)(O)O)c(OCC)c2)o1)C(CC)N(C=O)OC(=O)c1ccccc1. The molecule has 4 amide bonds. The number of carbonyl (C=O) groups is 5. The molecule has 3 aromatic rings. The summed E-state index contributed by atoms with van der Waals surface area (Å²) < 4.78 is 22.4. The number of nitrogens with one attached hydrogen (secondary N) is 3.